The zero-order valence-electron chi connectivity index (χ0n) is 10.6. The maximum atomic E-state index is 13.2. The van der Waals surface area contributed by atoms with Crippen LogP contribution in [0, 0.1) is 5.82 Å². The van der Waals surface area contributed by atoms with Gasteiger partial charge in [0, 0.05) is 18.3 Å². The Kier molecular flexibility index (Phi) is 4.23. The van der Waals surface area contributed by atoms with Crippen molar-refractivity contribution in [1.29, 1.82) is 0 Å². The summed E-state index contributed by atoms with van der Waals surface area (Å²) in [6, 6.07) is 9.49. The summed E-state index contributed by atoms with van der Waals surface area (Å²) in [5.41, 5.74) is 1.12. The van der Waals surface area contributed by atoms with Gasteiger partial charge in [0.1, 0.15) is 11.6 Å². The molecular weight excluding hydrogens is 245 g/mol. The molecule has 0 amide bonds. The molecule has 0 spiro atoms. The van der Waals surface area contributed by atoms with Crippen LogP contribution < -0.4 is 4.74 Å². The third-order valence-corrected chi connectivity index (χ3v) is 2.80. The van der Waals surface area contributed by atoms with Gasteiger partial charge in [-0.05, 0) is 36.8 Å². The van der Waals surface area contributed by atoms with E-state index in [1.807, 2.05) is 18.2 Å². The summed E-state index contributed by atoms with van der Waals surface area (Å²) in [5.74, 6) is -0.198. The van der Waals surface area contributed by atoms with E-state index in [0.29, 0.717) is 12.2 Å². The number of carbonyl (C=O) groups excluding carboxylic acids is 1. The highest BCUT2D eigenvalue weighted by molar-refractivity contribution is 5.98. The lowest BCUT2D eigenvalue weighted by molar-refractivity contribution is 0.0979. The van der Waals surface area contributed by atoms with E-state index in [0.717, 1.165) is 5.69 Å². The molecule has 0 aliphatic heterocycles. The Balaban J connectivity index is 2.10. The summed E-state index contributed by atoms with van der Waals surface area (Å²) in [5, 5.41) is 0. The average Bonchev–Trinajstić information content (AvgIpc) is 2.46. The van der Waals surface area contributed by atoms with E-state index in [-0.39, 0.29) is 17.8 Å². The fraction of sp³-hybridized carbons (Fsp3) is 0.200. The highest BCUT2D eigenvalue weighted by Gasteiger charge is 2.13. The van der Waals surface area contributed by atoms with Gasteiger partial charge in [0.15, 0.2) is 5.78 Å². The molecule has 0 atom stereocenters. The topological polar surface area (TPSA) is 39.2 Å². The molecule has 3 nitrogen and oxygen atoms in total. The number of Topliss-reactive ketones (excluding diaryl/α,β-unsaturated/α-hetero) is 1. The monoisotopic (exact) mass is 259 g/mol. The predicted octanol–water partition coefficient (Wildman–Crippen LogP) is 3.04. The van der Waals surface area contributed by atoms with E-state index in [1.165, 1.54) is 25.3 Å². The Morgan fingerprint density at radius 1 is 1.32 bits per heavy atom. The number of ether oxygens (including phenoxy) is 1. The van der Waals surface area contributed by atoms with Crippen molar-refractivity contribution in [2.24, 2.45) is 0 Å². The van der Waals surface area contributed by atoms with Gasteiger partial charge < -0.3 is 4.74 Å². The molecule has 19 heavy (non-hydrogen) atoms. The number of aromatic nitrogens is 1. The van der Waals surface area contributed by atoms with E-state index in [1.54, 1.807) is 6.20 Å². The second-order valence-corrected chi connectivity index (χ2v) is 4.09. The molecule has 0 aliphatic carbocycles. The van der Waals surface area contributed by atoms with E-state index in [2.05, 4.69) is 4.98 Å². The van der Waals surface area contributed by atoms with Crippen LogP contribution in [0.15, 0.2) is 42.6 Å². The third-order valence-electron chi connectivity index (χ3n) is 2.80. The van der Waals surface area contributed by atoms with Gasteiger partial charge in [0.2, 0.25) is 0 Å². The van der Waals surface area contributed by atoms with Crippen molar-refractivity contribution in [2.75, 3.05) is 7.11 Å². The second kappa shape index (κ2) is 6.09. The maximum absolute atomic E-state index is 13.2. The number of nitrogens with zero attached hydrogens (tertiary/aromatic N) is 1. The Bertz CT molecular complexity index is 570. The number of halogens is 1. The van der Waals surface area contributed by atoms with Gasteiger partial charge in [-0.3, -0.25) is 9.78 Å². The molecule has 0 N–H and O–H groups in total. The van der Waals surface area contributed by atoms with E-state index < -0.39 is 5.82 Å². The largest absolute Gasteiger partial charge is 0.496 e. The average molecular weight is 259 g/mol. The number of aryl methyl sites for hydroxylation is 1. The van der Waals surface area contributed by atoms with Crippen LogP contribution in [0.5, 0.6) is 5.75 Å². The molecule has 2 rings (SSSR count). The number of hydrogen-bond donors (Lipinski definition) is 0. The minimum Gasteiger partial charge on any atom is -0.496 e. The van der Waals surface area contributed by atoms with Gasteiger partial charge in [0.25, 0.3) is 0 Å². The number of rotatable bonds is 5. The molecule has 0 fully saturated rings. The van der Waals surface area contributed by atoms with Crippen LogP contribution in [-0.2, 0) is 6.42 Å². The molecular formula is C15H14FNO2. The first kappa shape index (κ1) is 13.2. The van der Waals surface area contributed by atoms with Gasteiger partial charge in [-0.25, -0.2) is 4.39 Å². The molecule has 4 heteroatoms. The van der Waals surface area contributed by atoms with Crippen LogP contribution in [-0.4, -0.2) is 17.9 Å². The molecule has 1 aromatic heterocycles. The Hall–Kier alpha value is -2.23. The number of methoxy groups -OCH3 is 1. The van der Waals surface area contributed by atoms with E-state index >= 15 is 0 Å². The van der Waals surface area contributed by atoms with Crippen molar-refractivity contribution in [3.8, 4) is 5.75 Å². The van der Waals surface area contributed by atoms with E-state index in [4.69, 9.17) is 4.74 Å². The molecule has 0 saturated carbocycles. The van der Waals surface area contributed by atoms with Crippen LogP contribution >= 0.6 is 0 Å². The van der Waals surface area contributed by atoms with Gasteiger partial charge in [-0.15, -0.1) is 0 Å². The summed E-state index contributed by atoms with van der Waals surface area (Å²) in [4.78, 5) is 16.2. The van der Waals surface area contributed by atoms with Crippen molar-refractivity contribution in [1.82, 2.24) is 4.98 Å². The first-order valence-electron chi connectivity index (χ1n) is 5.97. The van der Waals surface area contributed by atoms with Crippen molar-refractivity contribution < 1.29 is 13.9 Å². The highest BCUT2D eigenvalue weighted by Crippen LogP contribution is 2.21. The van der Waals surface area contributed by atoms with Crippen LogP contribution in [0.1, 0.15) is 22.5 Å². The number of pyridine rings is 1. The van der Waals surface area contributed by atoms with Crippen LogP contribution in [0.3, 0.4) is 0 Å². The molecule has 0 radical (unpaired) electrons. The summed E-state index contributed by atoms with van der Waals surface area (Å²) in [6.07, 6.45) is 2.48. The first-order valence-corrected chi connectivity index (χ1v) is 5.97. The van der Waals surface area contributed by atoms with E-state index in [9.17, 15) is 9.18 Å². The second-order valence-electron chi connectivity index (χ2n) is 4.09. The zero-order chi connectivity index (χ0) is 13.7. The number of benzene rings is 1. The predicted molar refractivity (Wildman–Crippen MR) is 69.8 cm³/mol. The molecule has 0 saturated heterocycles. The van der Waals surface area contributed by atoms with Gasteiger partial charge >= 0.3 is 0 Å². The molecule has 0 unspecified atom stereocenters. The highest BCUT2D eigenvalue weighted by atomic mass is 19.1. The number of carbonyl (C=O) groups is 1. The van der Waals surface area contributed by atoms with Crippen LogP contribution in [0.25, 0.3) is 0 Å². The minimum absolute atomic E-state index is 0.151. The fourth-order valence-electron chi connectivity index (χ4n) is 1.82. The normalized spacial score (nSPS) is 10.2. The molecule has 0 bridgehead atoms. The smallest absolute Gasteiger partial charge is 0.167 e. The maximum Gasteiger partial charge on any atom is 0.167 e. The first-order chi connectivity index (χ1) is 9.20. The van der Waals surface area contributed by atoms with Crippen LogP contribution in [0.2, 0.25) is 0 Å². The van der Waals surface area contributed by atoms with Crippen LogP contribution in [0.4, 0.5) is 4.39 Å². The van der Waals surface area contributed by atoms with Crippen molar-refractivity contribution in [2.45, 2.75) is 12.8 Å². The van der Waals surface area contributed by atoms with Crippen molar-refractivity contribution in [3.63, 3.8) is 0 Å². The molecule has 1 heterocycles. The Morgan fingerprint density at radius 3 is 2.84 bits per heavy atom. The van der Waals surface area contributed by atoms with Crippen molar-refractivity contribution >= 4 is 5.78 Å². The summed E-state index contributed by atoms with van der Waals surface area (Å²) >= 11 is 0. The SMILES string of the molecule is COc1ccc(F)cc1C(=O)CCc1ccccn1. The number of ketones is 1. The standard InChI is InChI=1S/C15H14FNO2/c1-19-15-8-5-11(16)10-13(15)14(18)7-6-12-4-2-3-9-17-12/h2-5,8-10H,6-7H2,1H3. The molecule has 98 valence electrons. The Morgan fingerprint density at radius 2 is 2.16 bits per heavy atom. The van der Waals surface area contributed by atoms with Crippen molar-refractivity contribution in [3.05, 3.63) is 59.7 Å². The lowest BCUT2D eigenvalue weighted by atomic mass is 10.0. The Labute approximate surface area is 111 Å². The summed E-state index contributed by atoms with van der Waals surface area (Å²) < 4.78 is 18.3. The molecule has 2 aromatic rings. The van der Waals surface area contributed by atoms with Gasteiger partial charge in [-0.1, -0.05) is 6.07 Å². The summed E-state index contributed by atoms with van der Waals surface area (Å²) in [7, 11) is 1.46. The zero-order valence-corrected chi connectivity index (χ0v) is 10.6. The fourth-order valence-corrected chi connectivity index (χ4v) is 1.82. The third kappa shape index (κ3) is 3.37. The minimum atomic E-state index is -0.443. The summed E-state index contributed by atoms with van der Waals surface area (Å²) in [6.45, 7) is 0. The van der Waals surface area contributed by atoms with Gasteiger partial charge in [-0.2, -0.15) is 0 Å². The lowest BCUT2D eigenvalue weighted by Crippen LogP contribution is -2.05. The number of hydrogen-bond acceptors (Lipinski definition) is 3. The molecule has 0 aliphatic rings. The molecule has 1 aromatic carbocycles. The lowest BCUT2D eigenvalue weighted by Gasteiger charge is -2.07. The van der Waals surface area contributed by atoms with Gasteiger partial charge in [0.05, 0.1) is 12.7 Å². The quantitative estimate of drug-likeness (QED) is 0.775.